The second-order valence-corrected chi connectivity index (χ2v) is 3.88. The molecule has 0 saturated heterocycles. The Balaban J connectivity index is 2.75. The molecule has 1 rings (SSSR count). The lowest BCUT2D eigenvalue weighted by Gasteiger charge is -2.27. The number of furan rings is 1. The number of carbonyl (C=O) groups excluding carboxylic acids is 1. The van der Waals surface area contributed by atoms with Gasteiger partial charge in [0.15, 0.2) is 5.76 Å². The van der Waals surface area contributed by atoms with Crippen LogP contribution in [-0.2, 0) is 4.79 Å². The highest BCUT2D eigenvalue weighted by Gasteiger charge is 2.22. The molecule has 1 atom stereocenters. The van der Waals surface area contributed by atoms with E-state index in [1.165, 1.54) is 11.2 Å². The van der Waals surface area contributed by atoms with Crippen LogP contribution in [0.25, 0.3) is 0 Å². The van der Waals surface area contributed by atoms with Crippen molar-refractivity contribution in [1.82, 2.24) is 4.90 Å². The summed E-state index contributed by atoms with van der Waals surface area (Å²) in [7, 11) is 0. The zero-order valence-electron chi connectivity index (χ0n) is 10.0. The molecule has 1 aromatic heterocycles. The molecule has 0 spiro atoms. The predicted octanol–water partition coefficient (Wildman–Crippen LogP) is 2.00. The average Bonchev–Trinajstić information content (AvgIpc) is 2.81. The minimum absolute atomic E-state index is 0.00745. The van der Waals surface area contributed by atoms with E-state index in [1.54, 1.807) is 12.1 Å². The number of nitrogens with zero attached hydrogens (tertiary/aromatic N) is 1. The maximum Gasteiger partial charge on any atom is 0.305 e. The van der Waals surface area contributed by atoms with Crippen LogP contribution in [-0.4, -0.2) is 34.5 Å². The summed E-state index contributed by atoms with van der Waals surface area (Å²) in [5, 5.41) is 8.67. The first kappa shape index (κ1) is 13.3. The van der Waals surface area contributed by atoms with E-state index in [4.69, 9.17) is 9.52 Å². The fraction of sp³-hybridized carbons (Fsp3) is 0.500. The maximum absolute atomic E-state index is 12.1. The van der Waals surface area contributed by atoms with E-state index in [9.17, 15) is 9.59 Å². The lowest BCUT2D eigenvalue weighted by atomic mass is 10.2. The first-order valence-corrected chi connectivity index (χ1v) is 5.62. The highest BCUT2D eigenvalue weighted by Crippen LogP contribution is 2.12. The van der Waals surface area contributed by atoms with Crippen molar-refractivity contribution >= 4 is 11.9 Å². The number of hydrogen-bond acceptors (Lipinski definition) is 3. The molecule has 0 aliphatic rings. The highest BCUT2D eigenvalue weighted by molar-refractivity contribution is 5.91. The number of hydrogen-bond donors (Lipinski definition) is 1. The van der Waals surface area contributed by atoms with Gasteiger partial charge in [0.2, 0.25) is 0 Å². The Kier molecular flexibility index (Phi) is 4.75. The molecule has 1 aromatic rings. The molecule has 17 heavy (non-hydrogen) atoms. The molecular weight excluding hydrogens is 222 g/mol. The van der Waals surface area contributed by atoms with Crippen LogP contribution in [0.4, 0.5) is 0 Å². The summed E-state index contributed by atoms with van der Waals surface area (Å²) < 4.78 is 5.04. The van der Waals surface area contributed by atoms with Crippen LogP contribution in [0.5, 0.6) is 0 Å². The SMILES string of the molecule is CCC(C)N(CCC(=O)O)C(=O)c1ccco1. The Morgan fingerprint density at radius 2 is 2.24 bits per heavy atom. The minimum Gasteiger partial charge on any atom is -0.481 e. The van der Waals surface area contributed by atoms with Crippen LogP contribution >= 0.6 is 0 Å². The number of carbonyl (C=O) groups is 2. The van der Waals surface area contributed by atoms with Gasteiger partial charge in [-0.15, -0.1) is 0 Å². The molecule has 5 nitrogen and oxygen atoms in total. The number of carboxylic acids is 1. The van der Waals surface area contributed by atoms with Crippen molar-refractivity contribution in [2.45, 2.75) is 32.7 Å². The summed E-state index contributed by atoms with van der Waals surface area (Å²) in [6, 6.07) is 3.21. The van der Waals surface area contributed by atoms with Gasteiger partial charge in [0.25, 0.3) is 5.91 Å². The second-order valence-electron chi connectivity index (χ2n) is 3.88. The van der Waals surface area contributed by atoms with E-state index >= 15 is 0 Å². The number of aliphatic carboxylic acids is 1. The molecule has 0 bridgehead atoms. The van der Waals surface area contributed by atoms with E-state index in [1.807, 2.05) is 13.8 Å². The molecule has 1 N–H and O–H groups in total. The van der Waals surface area contributed by atoms with Crippen LogP contribution in [0.2, 0.25) is 0 Å². The summed E-state index contributed by atoms with van der Waals surface area (Å²) in [5.74, 6) is -0.924. The number of amides is 1. The molecule has 0 fully saturated rings. The molecule has 5 heteroatoms. The fourth-order valence-electron chi connectivity index (χ4n) is 1.50. The van der Waals surface area contributed by atoms with E-state index in [0.717, 1.165) is 6.42 Å². The Morgan fingerprint density at radius 3 is 2.71 bits per heavy atom. The molecule has 0 aliphatic carbocycles. The van der Waals surface area contributed by atoms with Crippen LogP contribution < -0.4 is 0 Å². The van der Waals surface area contributed by atoms with Gasteiger partial charge in [-0.3, -0.25) is 9.59 Å². The minimum atomic E-state index is -0.912. The van der Waals surface area contributed by atoms with Gasteiger partial charge in [0.1, 0.15) is 0 Å². The molecule has 1 heterocycles. The molecular formula is C12H17NO4. The Hall–Kier alpha value is -1.78. The largest absolute Gasteiger partial charge is 0.481 e. The van der Waals surface area contributed by atoms with E-state index < -0.39 is 5.97 Å². The van der Waals surface area contributed by atoms with Crippen molar-refractivity contribution in [3.8, 4) is 0 Å². The Bertz CT molecular complexity index is 372. The maximum atomic E-state index is 12.1. The van der Waals surface area contributed by atoms with Crippen molar-refractivity contribution in [2.24, 2.45) is 0 Å². The van der Waals surface area contributed by atoms with Crippen molar-refractivity contribution in [2.75, 3.05) is 6.54 Å². The standard InChI is InChI=1S/C12H17NO4/c1-3-9(2)13(7-6-11(14)15)12(16)10-5-4-8-17-10/h4-5,8-9H,3,6-7H2,1-2H3,(H,14,15). The predicted molar refractivity (Wildman–Crippen MR) is 61.8 cm³/mol. The summed E-state index contributed by atoms with van der Waals surface area (Å²) in [6.45, 7) is 4.04. The van der Waals surface area contributed by atoms with Gasteiger partial charge in [-0.1, -0.05) is 6.92 Å². The fourth-order valence-corrected chi connectivity index (χ4v) is 1.50. The monoisotopic (exact) mass is 239 g/mol. The molecule has 0 aliphatic heterocycles. The average molecular weight is 239 g/mol. The zero-order chi connectivity index (χ0) is 12.8. The van der Waals surface area contributed by atoms with Crippen molar-refractivity contribution in [3.05, 3.63) is 24.2 Å². The van der Waals surface area contributed by atoms with Crippen LogP contribution in [0.3, 0.4) is 0 Å². The summed E-state index contributed by atoms with van der Waals surface area (Å²) in [4.78, 5) is 24.2. The molecule has 0 aromatic carbocycles. The number of rotatable bonds is 6. The summed E-state index contributed by atoms with van der Waals surface area (Å²) >= 11 is 0. The molecule has 94 valence electrons. The van der Waals surface area contributed by atoms with E-state index in [0.29, 0.717) is 0 Å². The van der Waals surface area contributed by atoms with Crippen molar-refractivity contribution in [3.63, 3.8) is 0 Å². The third-order valence-corrected chi connectivity index (χ3v) is 2.68. The van der Waals surface area contributed by atoms with Gasteiger partial charge in [-0.25, -0.2) is 0 Å². The molecule has 1 amide bonds. The van der Waals surface area contributed by atoms with Gasteiger partial charge in [-0.2, -0.15) is 0 Å². The third-order valence-electron chi connectivity index (χ3n) is 2.68. The summed E-state index contributed by atoms with van der Waals surface area (Å²) in [6.07, 6.45) is 2.14. The number of carboxylic acid groups (broad SMARTS) is 1. The lowest BCUT2D eigenvalue weighted by molar-refractivity contribution is -0.137. The van der Waals surface area contributed by atoms with Gasteiger partial charge in [0, 0.05) is 12.6 Å². The second kappa shape index (κ2) is 6.08. The van der Waals surface area contributed by atoms with Gasteiger partial charge in [-0.05, 0) is 25.5 Å². The van der Waals surface area contributed by atoms with Crippen LogP contribution in [0.1, 0.15) is 37.2 Å². The van der Waals surface area contributed by atoms with Gasteiger partial charge < -0.3 is 14.4 Å². The third kappa shape index (κ3) is 3.62. The van der Waals surface area contributed by atoms with Crippen LogP contribution in [0, 0.1) is 0 Å². The molecule has 0 radical (unpaired) electrons. The van der Waals surface area contributed by atoms with Crippen LogP contribution in [0.15, 0.2) is 22.8 Å². The topological polar surface area (TPSA) is 70.8 Å². The Morgan fingerprint density at radius 1 is 1.53 bits per heavy atom. The van der Waals surface area contributed by atoms with E-state index in [2.05, 4.69) is 0 Å². The normalized spacial score (nSPS) is 12.1. The zero-order valence-corrected chi connectivity index (χ0v) is 10.0. The lowest BCUT2D eigenvalue weighted by Crippen LogP contribution is -2.39. The first-order chi connectivity index (χ1) is 8.06. The van der Waals surface area contributed by atoms with Gasteiger partial charge >= 0.3 is 5.97 Å². The molecule has 0 saturated carbocycles. The first-order valence-electron chi connectivity index (χ1n) is 5.62. The van der Waals surface area contributed by atoms with Gasteiger partial charge in [0.05, 0.1) is 12.7 Å². The van der Waals surface area contributed by atoms with Crippen molar-refractivity contribution in [1.29, 1.82) is 0 Å². The smallest absolute Gasteiger partial charge is 0.305 e. The van der Waals surface area contributed by atoms with Crippen molar-refractivity contribution < 1.29 is 19.1 Å². The summed E-state index contributed by atoms with van der Waals surface area (Å²) in [5.41, 5.74) is 0. The van der Waals surface area contributed by atoms with E-state index in [-0.39, 0.29) is 30.7 Å². The molecule has 1 unspecified atom stereocenters. The Labute approximate surface area is 100 Å². The highest BCUT2D eigenvalue weighted by atomic mass is 16.4. The quantitative estimate of drug-likeness (QED) is 0.824.